The summed E-state index contributed by atoms with van der Waals surface area (Å²) in [6.45, 7) is -2.34. The van der Waals surface area contributed by atoms with Gasteiger partial charge in [-0.2, -0.15) is 8.78 Å². The molecule has 0 saturated heterocycles. The Balaban J connectivity index is 1.72. The van der Waals surface area contributed by atoms with Crippen LogP contribution >= 0.6 is 0 Å². The number of methoxy groups -OCH3 is 1. The summed E-state index contributed by atoms with van der Waals surface area (Å²) in [6.07, 6.45) is 0. The van der Waals surface area contributed by atoms with Crippen molar-refractivity contribution in [3.8, 4) is 11.5 Å². The molecule has 0 aromatic heterocycles. The third kappa shape index (κ3) is 5.26. The van der Waals surface area contributed by atoms with Gasteiger partial charge in [0.25, 0.3) is 5.91 Å². The standard InChI is InChI=1S/C23H22F2N2O3/c1-27(15-16-7-4-3-5-8-16)18-13-11-17(12-14-18)26-22(28)19-9-6-10-20(29-2)21(19)30-23(24)25/h3-14,23H,15H2,1-2H3,(H,26,28). The van der Waals surface area contributed by atoms with E-state index < -0.39 is 12.5 Å². The summed E-state index contributed by atoms with van der Waals surface area (Å²) < 4.78 is 35.1. The number of ether oxygens (including phenoxy) is 2. The van der Waals surface area contributed by atoms with Crippen LogP contribution in [0.5, 0.6) is 11.5 Å². The average Bonchev–Trinajstić information content (AvgIpc) is 2.74. The van der Waals surface area contributed by atoms with E-state index in [9.17, 15) is 13.6 Å². The molecule has 3 aromatic rings. The van der Waals surface area contributed by atoms with Crippen molar-refractivity contribution >= 4 is 17.3 Å². The Kier molecular flexibility index (Phi) is 6.85. The second-order valence-electron chi connectivity index (χ2n) is 6.56. The lowest BCUT2D eigenvalue weighted by Crippen LogP contribution is -2.17. The Morgan fingerprint density at radius 2 is 1.70 bits per heavy atom. The van der Waals surface area contributed by atoms with Crippen molar-refractivity contribution in [3.63, 3.8) is 0 Å². The fourth-order valence-corrected chi connectivity index (χ4v) is 3.01. The van der Waals surface area contributed by atoms with Crippen LogP contribution in [0.2, 0.25) is 0 Å². The number of carbonyl (C=O) groups is 1. The van der Waals surface area contributed by atoms with Gasteiger partial charge in [-0.15, -0.1) is 0 Å². The minimum absolute atomic E-state index is 0.0417. The predicted molar refractivity (Wildman–Crippen MR) is 113 cm³/mol. The van der Waals surface area contributed by atoms with Gasteiger partial charge in [-0.05, 0) is 42.0 Å². The molecular formula is C23H22F2N2O3. The van der Waals surface area contributed by atoms with Crippen LogP contribution < -0.4 is 19.7 Å². The van der Waals surface area contributed by atoms with Gasteiger partial charge in [0.05, 0.1) is 12.7 Å². The Labute approximate surface area is 173 Å². The van der Waals surface area contributed by atoms with E-state index >= 15 is 0 Å². The topological polar surface area (TPSA) is 50.8 Å². The lowest BCUT2D eigenvalue weighted by atomic mass is 10.1. The SMILES string of the molecule is COc1cccc(C(=O)Nc2ccc(N(C)Cc3ccccc3)cc2)c1OC(F)F. The second-order valence-corrected chi connectivity index (χ2v) is 6.56. The third-order valence-electron chi connectivity index (χ3n) is 4.48. The number of hydrogen-bond donors (Lipinski definition) is 1. The monoisotopic (exact) mass is 412 g/mol. The van der Waals surface area contributed by atoms with Gasteiger partial charge < -0.3 is 19.7 Å². The van der Waals surface area contributed by atoms with E-state index in [1.807, 2.05) is 37.4 Å². The Bertz CT molecular complexity index is 979. The lowest BCUT2D eigenvalue weighted by Gasteiger charge is -2.20. The molecule has 3 rings (SSSR count). The number of benzene rings is 3. The molecule has 156 valence electrons. The zero-order valence-electron chi connectivity index (χ0n) is 16.6. The van der Waals surface area contributed by atoms with E-state index in [1.54, 1.807) is 12.1 Å². The van der Waals surface area contributed by atoms with Crippen molar-refractivity contribution in [3.05, 3.63) is 83.9 Å². The quantitative estimate of drug-likeness (QED) is 0.554. The van der Waals surface area contributed by atoms with E-state index in [1.165, 1.54) is 30.9 Å². The van der Waals surface area contributed by atoms with Gasteiger partial charge >= 0.3 is 6.61 Å². The minimum atomic E-state index is -3.08. The highest BCUT2D eigenvalue weighted by Gasteiger charge is 2.20. The van der Waals surface area contributed by atoms with Crippen molar-refractivity contribution < 1.29 is 23.0 Å². The molecule has 0 spiro atoms. The molecule has 0 bridgehead atoms. The number of para-hydroxylation sites is 1. The molecule has 3 aromatic carbocycles. The summed E-state index contributed by atoms with van der Waals surface area (Å²) in [5, 5.41) is 2.70. The third-order valence-corrected chi connectivity index (χ3v) is 4.48. The first-order valence-electron chi connectivity index (χ1n) is 9.26. The Morgan fingerprint density at radius 1 is 1.00 bits per heavy atom. The van der Waals surface area contributed by atoms with Crippen LogP contribution in [0, 0.1) is 0 Å². The summed E-state index contributed by atoms with van der Waals surface area (Å²) >= 11 is 0. The fourth-order valence-electron chi connectivity index (χ4n) is 3.01. The van der Waals surface area contributed by atoms with Crippen LogP contribution in [0.3, 0.4) is 0 Å². The molecule has 0 unspecified atom stereocenters. The zero-order valence-corrected chi connectivity index (χ0v) is 16.6. The highest BCUT2D eigenvalue weighted by atomic mass is 19.3. The van der Waals surface area contributed by atoms with Gasteiger partial charge in [0.15, 0.2) is 11.5 Å². The van der Waals surface area contributed by atoms with Crippen LogP contribution in [0.25, 0.3) is 0 Å². The summed E-state index contributed by atoms with van der Waals surface area (Å²) in [6, 6.07) is 21.7. The predicted octanol–water partition coefficient (Wildman–Crippen LogP) is 5.19. The molecule has 1 N–H and O–H groups in total. The zero-order chi connectivity index (χ0) is 21.5. The van der Waals surface area contributed by atoms with Crippen LogP contribution in [0.15, 0.2) is 72.8 Å². The molecule has 0 atom stereocenters. The van der Waals surface area contributed by atoms with Gasteiger partial charge in [-0.3, -0.25) is 4.79 Å². The van der Waals surface area contributed by atoms with Gasteiger partial charge in [0.1, 0.15) is 0 Å². The van der Waals surface area contributed by atoms with E-state index in [4.69, 9.17) is 4.74 Å². The first-order chi connectivity index (χ1) is 14.5. The first kappa shape index (κ1) is 21.1. The van der Waals surface area contributed by atoms with Gasteiger partial charge in [0, 0.05) is 25.0 Å². The molecule has 0 aliphatic heterocycles. The molecule has 0 heterocycles. The van der Waals surface area contributed by atoms with E-state index in [-0.39, 0.29) is 17.1 Å². The maximum absolute atomic E-state index is 12.8. The molecular weight excluding hydrogens is 390 g/mol. The molecule has 0 aliphatic carbocycles. The van der Waals surface area contributed by atoms with Crippen LogP contribution in [-0.4, -0.2) is 26.7 Å². The highest BCUT2D eigenvalue weighted by molar-refractivity contribution is 6.06. The Morgan fingerprint density at radius 3 is 2.33 bits per heavy atom. The van der Waals surface area contributed by atoms with E-state index in [0.717, 1.165) is 12.2 Å². The second kappa shape index (κ2) is 9.73. The first-order valence-corrected chi connectivity index (χ1v) is 9.26. The normalized spacial score (nSPS) is 10.6. The lowest BCUT2D eigenvalue weighted by molar-refractivity contribution is -0.0515. The summed E-state index contributed by atoms with van der Waals surface area (Å²) in [5.41, 5.74) is 2.64. The van der Waals surface area contributed by atoms with E-state index in [2.05, 4.69) is 27.1 Å². The largest absolute Gasteiger partial charge is 0.493 e. The number of nitrogens with one attached hydrogen (secondary N) is 1. The smallest absolute Gasteiger partial charge is 0.387 e. The maximum Gasteiger partial charge on any atom is 0.387 e. The number of nitrogens with zero attached hydrogens (tertiary/aromatic N) is 1. The number of alkyl halides is 2. The minimum Gasteiger partial charge on any atom is -0.493 e. The van der Waals surface area contributed by atoms with Crippen molar-refractivity contribution in [2.45, 2.75) is 13.2 Å². The van der Waals surface area contributed by atoms with Crippen molar-refractivity contribution in [2.75, 3.05) is 24.4 Å². The van der Waals surface area contributed by atoms with Gasteiger partial charge in [0.2, 0.25) is 0 Å². The fraction of sp³-hybridized carbons (Fsp3) is 0.174. The average molecular weight is 412 g/mol. The molecule has 7 heteroatoms. The van der Waals surface area contributed by atoms with E-state index in [0.29, 0.717) is 5.69 Å². The highest BCUT2D eigenvalue weighted by Crippen LogP contribution is 2.33. The summed E-state index contributed by atoms with van der Waals surface area (Å²) in [5.74, 6) is -0.817. The van der Waals surface area contributed by atoms with Crippen LogP contribution in [-0.2, 0) is 6.54 Å². The number of anilines is 2. The molecule has 5 nitrogen and oxygen atoms in total. The number of halogens is 2. The molecule has 0 saturated carbocycles. The van der Waals surface area contributed by atoms with Crippen LogP contribution in [0.1, 0.15) is 15.9 Å². The molecule has 0 fully saturated rings. The van der Waals surface area contributed by atoms with Crippen molar-refractivity contribution in [2.24, 2.45) is 0 Å². The number of rotatable bonds is 8. The molecule has 0 aliphatic rings. The number of carbonyl (C=O) groups excluding carboxylic acids is 1. The molecule has 1 amide bonds. The molecule has 30 heavy (non-hydrogen) atoms. The summed E-state index contributed by atoms with van der Waals surface area (Å²) in [4.78, 5) is 14.7. The van der Waals surface area contributed by atoms with Gasteiger partial charge in [-0.1, -0.05) is 36.4 Å². The van der Waals surface area contributed by atoms with Crippen molar-refractivity contribution in [1.29, 1.82) is 0 Å². The number of hydrogen-bond acceptors (Lipinski definition) is 4. The van der Waals surface area contributed by atoms with Crippen molar-refractivity contribution in [1.82, 2.24) is 0 Å². The summed E-state index contributed by atoms with van der Waals surface area (Å²) in [7, 11) is 3.30. The maximum atomic E-state index is 12.8. The Hall–Kier alpha value is -3.61. The van der Waals surface area contributed by atoms with Crippen LogP contribution in [0.4, 0.5) is 20.2 Å². The number of amides is 1. The molecule has 0 radical (unpaired) electrons. The van der Waals surface area contributed by atoms with Gasteiger partial charge in [-0.25, -0.2) is 0 Å².